The van der Waals surface area contributed by atoms with Gasteiger partial charge in [0.05, 0.1) is 12.2 Å². The van der Waals surface area contributed by atoms with Gasteiger partial charge in [0.2, 0.25) is 0 Å². The van der Waals surface area contributed by atoms with Crippen LogP contribution in [0.15, 0.2) is 24.3 Å². The van der Waals surface area contributed by atoms with E-state index in [-0.39, 0.29) is 6.10 Å². The molecule has 0 aromatic heterocycles. The minimum absolute atomic E-state index is 0.182. The zero-order chi connectivity index (χ0) is 13.7. The molecule has 0 heterocycles. The van der Waals surface area contributed by atoms with Gasteiger partial charge in [-0.1, -0.05) is 43.2 Å². The van der Waals surface area contributed by atoms with E-state index in [2.05, 4.69) is 50.4 Å². The summed E-state index contributed by atoms with van der Waals surface area (Å²) < 4.78 is 6.25. The second kappa shape index (κ2) is 7.06. The third-order valence-corrected chi connectivity index (χ3v) is 3.67. The summed E-state index contributed by atoms with van der Waals surface area (Å²) >= 11 is 0. The van der Waals surface area contributed by atoms with Crippen molar-refractivity contribution in [3.05, 3.63) is 35.4 Å². The van der Waals surface area contributed by atoms with Gasteiger partial charge in [0.15, 0.2) is 0 Å². The smallest absolute Gasteiger partial charge is 0.0953 e. The van der Waals surface area contributed by atoms with Gasteiger partial charge in [0.1, 0.15) is 0 Å². The van der Waals surface area contributed by atoms with E-state index in [1.165, 1.54) is 30.4 Å². The average molecular weight is 261 g/mol. The Morgan fingerprint density at radius 2 is 2.16 bits per heavy atom. The highest BCUT2D eigenvalue weighted by atomic mass is 16.5. The predicted molar refractivity (Wildman–Crippen MR) is 80.4 cm³/mol. The van der Waals surface area contributed by atoms with Crippen molar-refractivity contribution >= 4 is 0 Å². The standard InChI is InChI=1S/C17H27NO/c1-4-6-14(3)19-17(12-18-16-9-10-16)15-8-5-7-13(2)11-15/h5,7-8,11,14,16-18H,4,6,9-10,12H2,1-3H3. The average Bonchev–Trinajstić information content (AvgIpc) is 3.18. The van der Waals surface area contributed by atoms with Crippen LogP contribution in [-0.2, 0) is 4.74 Å². The van der Waals surface area contributed by atoms with Crippen molar-refractivity contribution in [2.75, 3.05) is 6.54 Å². The Balaban J connectivity index is 1.99. The van der Waals surface area contributed by atoms with Crippen molar-refractivity contribution in [2.24, 2.45) is 0 Å². The highest BCUT2D eigenvalue weighted by Gasteiger charge is 2.23. The molecule has 2 unspecified atom stereocenters. The summed E-state index contributed by atoms with van der Waals surface area (Å²) in [6.45, 7) is 7.47. The Morgan fingerprint density at radius 3 is 2.79 bits per heavy atom. The van der Waals surface area contributed by atoms with Crippen LogP contribution in [0, 0.1) is 6.92 Å². The molecule has 1 aliphatic rings. The van der Waals surface area contributed by atoms with Crippen LogP contribution >= 0.6 is 0 Å². The van der Waals surface area contributed by atoms with E-state index in [0.717, 1.165) is 19.0 Å². The van der Waals surface area contributed by atoms with Gasteiger partial charge in [0.25, 0.3) is 0 Å². The van der Waals surface area contributed by atoms with Gasteiger partial charge in [-0.2, -0.15) is 0 Å². The van der Waals surface area contributed by atoms with E-state index in [1.54, 1.807) is 0 Å². The van der Waals surface area contributed by atoms with Crippen LogP contribution in [0.5, 0.6) is 0 Å². The molecule has 1 aliphatic carbocycles. The maximum atomic E-state index is 6.25. The van der Waals surface area contributed by atoms with Crippen LogP contribution < -0.4 is 5.32 Å². The molecule has 1 N–H and O–H groups in total. The van der Waals surface area contributed by atoms with Gasteiger partial charge in [-0.3, -0.25) is 0 Å². The lowest BCUT2D eigenvalue weighted by Gasteiger charge is -2.23. The van der Waals surface area contributed by atoms with Crippen LogP contribution in [-0.4, -0.2) is 18.7 Å². The zero-order valence-electron chi connectivity index (χ0n) is 12.5. The fourth-order valence-electron chi connectivity index (χ4n) is 2.43. The fourth-order valence-corrected chi connectivity index (χ4v) is 2.43. The molecule has 1 aromatic rings. The summed E-state index contributed by atoms with van der Waals surface area (Å²) in [6, 6.07) is 9.44. The summed E-state index contributed by atoms with van der Waals surface area (Å²) in [5, 5.41) is 3.60. The highest BCUT2D eigenvalue weighted by molar-refractivity contribution is 5.24. The Labute approximate surface area is 117 Å². The molecule has 2 nitrogen and oxygen atoms in total. The van der Waals surface area contributed by atoms with Gasteiger partial charge < -0.3 is 10.1 Å². The molecule has 106 valence electrons. The zero-order valence-corrected chi connectivity index (χ0v) is 12.5. The SMILES string of the molecule is CCCC(C)OC(CNC1CC1)c1cccc(C)c1. The number of rotatable bonds is 8. The lowest BCUT2D eigenvalue weighted by atomic mass is 10.1. The van der Waals surface area contributed by atoms with Crippen LogP contribution in [0.4, 0.5) is 0 Å². The molecular formula is C17H27NO. The van der Waals surface area contributed by atoms with Crippen LogP contribution in [0.25, 0.3) is 0 Å². The monoisotopic (exact) mass is 261 g/mol. The van der Waals surface area contributed by atoms with Gasteiger partial charge in [-0.25, -0.2) is 0 Å². The molecule has 2 atom stereocenters. The lowest BCUT2D eigenvalue weighted by Crippen LogP contribution is -2.27. The summed E-state index contributed by atoms with van der Waals surface area (Å²) in [5.41, 5.74) is 2.61. The van der Waals surface area contributed by atoms with E-state index < -0.39 is 0 Å². The minimum Gasteiger partial charge on any atom is -0.369 e. The number of benzene rings is 1. The Morgan fingerprint density at radius 1 is 1.37 bits per heavy atom. The Kier molecular flexibility index (Phi) is 5.41. The number of aryl methyl sites for hydroxylation is 1. The third kappa shape index (κ3) is 4.96. The van der Waals surface area contributed by atoms with Gasteiger partial charge in [-0.15, -0.1) is 0 Å². The first-order valence-corrected chi connectivity index (χ1v) is 7.64. The fraction of sp³-hybridized carbons (Fsp3) is 0.647. The van der Waals surface area contributed by atoms with E-state index >= 15 is 0 Å². The number of ether oxygens (including phenoxy) is 1. The molecule has 0 aliphatic heterocycles. The lowest BCUT2D eigenvalue weighted by molar-refractivity contribution is -0.00743. The molecule has 0 bridgehead atoms. The van der Waals surface area contributed by atoms with Crippen molar-refractivity contribution in [1.82, 2.24) is 5.32 Å². The molecule has 1 saturated carbocycles. The van der Waals surface area contributed by atoms with Crippen molar-refractivity contribution in [3.8, 4) is 0 Å². The number of hydrogen-bond acceptors (Lipinski definition) is 2. The van der Waals surface area contributed by atoms with Gasteiger partial charge in [0, 0.05) is 12.6 Å². The predicted octanol–water partition coefficient (Wildman–Crippen LogP) is 3.99. The maximum Gasteiger partial charge on any atom is 0.0953 e. The summed E-state index contributed by atoms with van der Waals surface area (Å²) in [7, 11) is 0. The van der Waals surface area contributed by atoms with E-state index in [4.69, 9.17) is 4.74 Å². The molecule has 2 rings (SSSR count). The summed E-state index contributed by atoms with van der Waals surface area (Å²) in [6.07, 6.45) is 5.47. The summed E-state index contributed by atoms with van der Waals surface area (Å²) in [4.78, 5) is 0. The first kappa shape index (κ1) is 14.5. The van der Waals surface area contributed by atoms with Crippen molar-refractivity contribution in [1.29, 1.82) is 0 Å². The van der Waals surface area contributed by atoms with Crippen molar-refractivity contribution in [3.63, 3.8) is 0 Å². The number of nitrogens with one attached hydrogen (secondary N) is 1. The molecule has 1 aromatic carbocycles. The quantitative estimate of drug-likeness (QED) is 0.764. The largest absolute Gasteiger partial charge is 0.369 e. The highest BCUT2D eigenvalue weighted by Crippen LogP contribution is 2.24. The van der Waals surface area contributed by atoms with Gasteiger partial charge in [-0.05, 0) is 38.7 Å². The maximum absolute atomic E-state index is 6.25. The topological polar surface area (TPSA) is 21.3 Å². The van der Waals surface area contributed by atoms with E-state index in [9.17, 15) is 0 Å². The normalized spacial score (nSPS) is 18.3. The van der Waals surface area contributed by atoms with Crippen LogP contribution in [0.1, 0.15) is 56.8 Å². The minimum atomic E-state index is 0.182. The second-order valence-electron chi connectivity index (χ2n) is 5.82. The first-order chi connectivity index (χ1) is 9.19. The van der Waals surface area contributed by atoms with Crippen molar-refractivity contribution < 1.29 is 4.74 Å². The molecule has 0 amide bonds. The second-order valence-corrected chi connectivity index (χ2v) is 5.82. The van der Waals surface area contributed by atoms with Gasteiger partial charge >= 0.3 is 0 Å². The first-order valence-electron chi connectivity index (χ1n) is 7.64. The Hall–Kier alpha value is -0.860. The molecular weight excluding hydrogens is 234 g/mol. The van der Waals surface area contributed by atoms with Crippen molar-refractivity contribution in [2.45, 2.75) is 64.7 Å². The third-order valence-electron chi connectivity index (χ3n) is 3.67. The Bertz CT molecular complexity index is 387. The molecule has 0 saturated heterocycles. The molecule has 2 heteroatoms. The number of hydrogen-bond donors (Lipinski definition) is 1. The van der Waals surface area contributed by atoms with Crippen LogP contribution in [0.2, 0.25) is 0 Å². The molecule has 0 radical (unpaired) electrons. The van der Waals surface area contributed by atoms with Crippen LogP contribution in [0.3, 0.4) is 0 Å². The summed E-state index contributed by atoms with van der Waals surface area (Å²) in [5.74, 6) is 0. The molecule has 1 fully saturated rings. The molecule has 19 heavy (non-hydrogen) atoms. The van der Waals surface area contributed by atoms with E-state index in [1.807, 2.05) is 0 Å². The molecule has 0 spiro atoms. The van der Waals surface area contributed by atoms with E-state index in [0.29, 0.717) is 6.10 Å².